The lowest BCUT2D eigenvalue weighted by atomic mass is 10.1. The molecule has 0 amide bonds. The highest BCUT2D eigenvalue weighted by atomic mass is 35.5. The number of ketones is 1. The van der Waals surface area contributed by atoms with Crippen molar-refractivity contribution >= 4 is 27.2 Å². The van der Waals surface area contributed by atoms with E-state index in [0.717, 1.165) is 12.3 Å². The van der Waals surface area contributed by atoms with E-state index in [4.69, 9.17) is 11.6 Å². The van der Waals surface area contributed by atoms with E-state index in [2.05, 4.69) is 0 Å². The molecule has 16 heavy (non-hydrogen) atoms. The van der Waals surface area contributed by atoms with Gasteiger partial charge in [-0.1, -0.05) is 11.6 Å². The lowest BCUT2D eigenvalue weighted by molar-refractivity contribution is 0.0985. The molecule has 0 aromatic heterocycles. The predicted octanol–water partition coefficient (Wildman–Crippen LogP) is 2.10. The van der Waals surface area contributed by atoms with E-state index in [1.807, 2.05) is 0 Å². The molecular weight excluding hydrogens is 255 g/mol. The van der Waals surface area contributed by atoms with Crippen molar-refractivity contribution < 1.29 is 17.6 Å². The van der Waals surface area contributed by atoms with Gasteiger partial charge in [0.05, 0.1) is 11.3 Å². The molecule has 0 aliphatic heterocycles. The third kappa shape index (κ3) is 3.90. The zero-order valence-electron chi connectivity index (χ0n) is 8.54. The van der Waals surface area contributed by atoms with Gasteiger partial charge >= 0.3 is 0 Å². The van der Waals surface area contributed by atoms with Crippen molar-refractivity contribution in [2.24, 2.45) is 0 Å². The molecule has 6 heteroatoms. The number of sulfone groups is 1. The van der Waals surface area contributed by atoms with Crippen LogP contribution in [-0.4, -0.2) is 26.2 Å². The average Bonchev–Trinajstić information content (AvgIpc) is 2.17. The molecule has 0 heterocycles. The van der Waals surface area contributed by atoms with Gasteiger partial charge in [-0.05, 0) is 18.2 Å². The van der Waals surface area contributed by atoms with Crippen LogP contribution in [0.25, 0.3) is 0 Å². The fraction of sp³-hybridized carbons (Fsp3) is 0.300. The maximum Gasteiger partial charge on any atom is 0.166 e. The van der Waals surface area contributed by atoms with Gasteiger partial charge in [-0.15, -0.1) is 0 Å². The highest BCUT2D eigenvalue weighted by Gasteiger charge is 2.14. The summed E-state index contributed by atoms with van der Waals surface area (Å²) in [7, 11) is -3.23. The van der Waals surface area contributed by atoms with E-state index in [1.54, 1.807) is 0 Å². The molecule has 0 fully saturated rings. The Labute approximate surface area is 98.1 Å². The molecule has 0 spiro atoms. The van der Waals surface area contributed by atoms with Crippen molar-refractivity contribution in [1.82, 2.24) is 0 Å². The van der Waals surface area contributed by atoms with Crippen LogP contribution in [0.2, 0.25) is 5.02 Å². The Morgan fingerprint density at radius 3 is 2.62 bits per heavy atom. The molecule has 88 valence electrons. The van der Waals surface area contributed by atoms with Crippen LogP contribution in [-0.2, 0) is 9.84 Å². The van der Waals surface area contributed by atoms with Crippen molar-refractivity contribution in [1.29, 1.82) is 0 Å². The Morgan fingerprint density at radius 2 is 2.06 bits per heavy atom. The Bertz CT molecular complexity index is 511. The number of hydrogen-bond donors (Lipinski definition) is 0. The fourth-order valence-electron chi connectivity index (χ4n) is 1.12. The second-order valence-electron chi connectivity index (χ2n) is 3.43. The Balaban J connectivity index is 2.85. The second kappa shape index (κ2) is 4.93. The molecule has 3 nitrogen and oxygen atoms in total. The van der Waals surface area contributed by atoms with Crippen LogP contribution in [0.1, 0.15) is 16.8 Å². The van der Waals surface area contributed by atoms with Crippen LogP contribution >= 0.6 is 11.6 Å². The van der Waals surface area contributed by atoms with Gasteiger partial charge in [0.1, 0.15) is 15.7 Å². The molecule has 0 unspecified atom stereocenters. The lowest BCUT2D eigenvalue weighted by Crippen LogP contribution is -2.10. The summed E-state index contributed by atoms with van der Waals surface area (Å²) in [6, 6.07) is 3.60. The predicted molar refractivity (Wildman–Crippen MR) is 60.1 cm³/mol. The number of carbonyl (C=O) groups excluding carboxylic acids is 1. The first-order valence-electron chi connectivity index (χ1n) is 4.45. The summed E-state index contributed by atoms with van der Waals surface area (Å²) in [5.41, 5.74) is -0.170. The minimum atomic E-state index is -3.23. The van der Waals surface area contributed by atoms with Crippen molar-refractivity contribution in [2.45, 2.75) is 6.42 Å². The maximum atomic E-state index is 13.2. The summed E-state index contributed by atoms with van der Waals surface area (Å²) in [6.07, 6.45) is 0.782. The van der Waals surface area contributed by atoms with E-state index in [-0.39, 0.29) is 22.8 Å². The summed E-state index contributed by atoms with van der Waals surface area (Å²) in [5, 5.41) is 0.240. The summed E-state index contributed by atoms with van der Waals surface area (Å²) in [4.78, 5) is 11.5. The summed E-state index contributed by atoms with van der Waals surface area (Å²) >= 11 is 5.61. The smallest absolute Gasteiger partial charge is 0.166 e. The van der Waals surface area contributed by atoms with E-state index in [1.165, 1.54) is 12.1 Å². The van der Waals surface area contributed by atoms with Gasteiger partial charge in [-0.25, -0.2) is 12.8 Å². The zero-order valence-corrected chi connectivity index (χ0v) is 10.1. The first-order chi connectivity index (χ1) is 7.29. The molecule has 1 aromatic carbocycles. The molecule has 0 aliphatic carbocycles. The van der Waals surface area contributed by atoms with E-state index in [9.17, 15) is 17.6 Å². The van der Waals surface area contributed by atoms with Crippen LogP contribution < -0.4 is 0 Å². The van der Waals surface area contributed by atoms with Gasteiger partial charge in [0.15, 0.2) is 5.78 Å². The van der Waals surface area contributed by atoms with Crippen molar-refractivity contribution in [3.8, 4) is 0 Å². The second-order valence-corrected chi connectivity index (χ2v) is 6.12. The minimum absolute atomic E-state index is 0.170. The molecule has 0 N–H and O–H groups in total. The van der Waals surface area contributed by atoms with Gasteiger partial charge in [-0.3, -0.25) is 4.79 Å². The fourth-order valence-corrected chi connectivity index (χ4v) is 1.85. The molecule has 0 saturated heterocycles. The number of hydrogen-bond acceptors (Lipinski definition) is 3. The normalized spacial score (nSPS) is 11.4. The third-order valence-electron chi connectivity index (χ3n) is 1.93. The van der Waals surface area contributed by atoms with Gasteiger partial charge in [0.2, 0.25) is 0 Å². The van der Waals surface area contributed by atoms with Crippen LogP contribution in [0.5, 0.6) is 0 Å². The third-order valence-corrected chi connectivity index (χ3v) is 3.11. The van der Waals surface area contributed by atoms with E-state index >= 15 is 0 Å². The van der Waals surface area contributed by atoms with Crippen LogP contribution in [0, 0.1) is 5.82 Å². The summed E-state index contributed by atoms with van der Waals surface area (Å²) < 4.78 is 34.9. The first-order valence-corrected chi connectivity index (χ1v) is 6.89. The standard InChI is InChI=1S/C10H10ClFO3S/c1-16(14,15)5-4-10(13)8-6-7(11)2-3-9(8)12/h2-3,6H,4-5H2,1H3. The number of benzene rings is 1. The van der Waals surface area contributed by atoms with Gasteiger partial charge in [0, 0.05) is 17.7 Å². The largest absolute Gasteiger partial charge is 0.294 e. The molecule has 0 saturated carbocycles. The number of carbonyl (C=O) groups is 1. The van der Waals surface area contributed by atoms with E-state index in [0.29, 0.717) is 0 Å². The molecule has 0 aliphatic rings. The Morgan fingerprint density at radius 1 is 1.44 bits per heavy atom. The quantitative estimate of drug-likeness (QED) is 0.783. The van der Waals surface area contributed by atoms with Crippen LogP contribution in [0.15, 0.2) is 18.2 Å². The molecular formula is C10H10ClFO3S. The first kappa shape index (κ1) is 13.1. The Hall–Kier alpha value is -0.940. The SMILES string of the molecule is CS(=O)(=O)CCC(=O)c1cc(Cl)ccc1F. The average molecular weight is 265 g/mol. The molecule has 0 bridgehead atoms. The van der Waals surface area contributed by atoms with E-state index < -0.39 is 21.4 Å². The number of Topliss-reactive ketones (excluding diaryl/α,β-unsaturated/α-hetero) is 1. The monoisotopic (exact) mass is 264 g/mol. The zero-order chi connectivity index (χ0) is 12.3. The van der Waals surface area contributed by atoms with Crippen LogP contribution in [0.3, 0.4) is 0 Å². The summed E-state index contributed by atoms with van der Waals surface area (Å²) in [6.45, 7) is 0. The Kier molecular flexibility index (Phi) is 4.04. The van der Waals surface area contributed by atoms with Gasteiger partial charge in [0.25, 0.3) is 0 Å². The van der Waals surface area contributed by atoms with Crippen molar-refractivity contribution in [2.75, 3.05) is 12.0 Å². The minimum Gasteiger partial charge on any atom is -0.294 e. The molecule has 1 aromatic rings. The van der Waals surface area contributed by atoms with Gasteiger partial charge < -0.3 is 0 Å². The summed E-state index contributed by atoms with van der Waals surface area (Å²) in [5.74, 6) is -1.55. The maximum absolute atomic E-state index is 13.2. The van der Waals surface area contributed by atoms with Crippen LogP contribution in [0.4, 0.5) is 4.39 Å². The van der Waals surface area contributed by atoms with Crippen molar-refractivity contribution in [3.63, 3.8) is 0 Å². The van der Waals surface area contributed by atoms with Crippen molar-refractivity contribution in [3.05, 3.63) is 34.6 Å². The number of halogens is 2. The lowest BCUT2D eigenvalue weighted by Gasteiger charge is -2.02. The molecule has 0 atom stereocenters. The van der Waals surface area contributed by atoms with Gasteiger partial charge in [-0.2, -0.15) is 0 Å². The molecule has 0 radical (unpaired) electrons. The molecule has 1 rings (SSSR count). The highest BCUT2D eigenvalue weighted by Crippen LogP contribution is 2.16. The topological polar surface area (TPSA) is 51.2 Å². The highest BCUT2D eigenvalue weighted by molar-refractivity contribution is 7.90. The number of rotatable bonds is 4.